The minimum Gasteiger partial charge on any atom is -0.467 e. The number of hydrogen-bond donors (Lipinski definition) is 2. The summed E-state index contributed by atoms with van der Waals surface area (Å²) in [7, 11) is 1.25. The quantitative estimate of drug-likeness (QED) is 0.545. The van der Waals surface area contributed by atoms with Gasteiger partial charge < -0.3 is 20.1 Å². The third-order valence-corrected chi connectivity index (χ3v) is 3.27. The van der Waals surface area contributed by atoms with Crippen LogP contribution in [0.3, 0.4) is 0 Å². The number of methoxy groups -OCH3 is 1. The highest BCUT2D eigenvalue weighted by Crippen LogP contribution is 2.11. The number of esters is 1. The zero-order chi connectivity index (χ0) is 19.1. The Kier molecular flexibility index (Phi) is 8.50. The van der Waals surface area contributed by atoms with Gasteiger partial charge in [-0.15, -0.1) is 6.58 Å². The SMILES string of the molecule is C=C[C@H](C)[C@H](NC(=O)[C@@H](NC(=O)OC(C)(C)C)C(C)C)C(=O)OC. The van der Waals surface area contributed by atoms with E-state index in [1.54, 1.807) is 47.6 Å². The Balaban J connectivity index is 5.11. The van der Waals surface area contributed by atoms with Crippen LogP contribution in [0.15, 0.2) is 12.7 Å². The summed E-state index contributed by atoms with van der Waals surface area (Å²) in [5, 5.41) is 5.15. The second-order valence-corrected chi connectivity index (χ2v) is 6.97. The fourth-order valence-corrected chi connectivity index (χ4v) is 1.88. The van der Waals surface area contributed by atoms with Crippen LogP contribution in [0, 0.1) is 11.8 Å². The van der Waals surface area contributed by atoms with E-state index in [4.69, 9.17) is 9.47 Å². The molecular weight excluding hydrogens is 312 g/mol. The Bertz CT molecular complexity index is 468. The van der Waals surface area contributed by atoms with Crippen LogP contribution in [-0.4, -0.2) is 42.8 Å². The van der Waals surface area contributed by atoms with Crippen molar-refractivity contribution in [1.82, 2.24) is 10.6 Å². The summed E-state index contributed by atoms with van der Waals surface area (Å²) in [6.07, 6.45) is 0.857. The van der Waals surface area contributed by atoms with Gasteiger partial charge in [0.25, 0.3) is 0 Å². The van der Waals surface area contributed by atoms with Gasteiger partial charge in [0.1, 0.15) is 17.7 Å². The average molecular weight is 342 g/mol. The molecule has 0 rings (SSSR count). The lowest BCUT2D eigenvalue weighted by Crippen LogP contribution is -2.55. The van der Waals surface area contributed by atoms with E-state index < -0.39 is 35.7 Å². The van der Waals surface area contributed by atoms with Crippen molar-refractivity contribution in [2.24, 2.45) is 11.8 Å². The molecule has 0 aliphatic heterocycles. The zero-order valence-electron chi connectivity index (χ0n) is 15.6. The first-order valence-electron chi connectivity index (χ1n) is 7.93. The maximum Gasteiger partial charge on any atom is 0.408 e. The monoisotopic (exact) mass is 342 g/mol. The molecule has 0 spiro atoms. The maximum absolute atomic E-state index is 12.5. The van der Waals surface area contributed by atoms with Crippen molar-refractivity contribution in [2.75, 3.05) is 7.11 Å². The van der Waals surface area contributed by atoms with E-state index in [1.165, 1.54) is 7.11 Å². The first kappa shape index (κ1) is 21.9. The molecule has 3 atom stereocenters. The van der Waals surface area contributed by atoms with E-state index in [0.29, 0.717) is 0 Å². The molecule has 0 aliphatic rings. The number of carbonyl (C=O) groups is 3. The molecule has 2 amide bonds. The van der Waals surface area contributed by atoms with E-state index in [0.717, 1.165) is 0 Å². The standard InChI is InChI=1S/C17H30N2O5/c1-9-11(4)13(15(21)23-8)18-14(20)12(10(2)3)19-16(22)24-17(5,6)7/h9-13H,1H2,2-8H3,(H,18,20)(H,19,22)/t11-,12-,13-/m0/s1. The summed E-state index contributed by atoms with van der Waals surface area (Å²) in [6.45, 7) is 14.1. The molecule has 0 unspecified atom stereocenters. The van der Waals surface area contributed by atoms with Gasteiger partial charge in [0.05, 0.1) is 7.11 Å². The predicted octanol–water partition coefficient (Wildman–Crippen LogP) is 2.02. The molecule has 0 aromatic carbocycles. The zero-order valence-corrected chi connectivity index (χ0v) is 15.6. The largest absolute Gasteiger partial charge is 0.467 e. The highest BCUT2D eigenvalue weighted by molar-refractivity contribution is 5.90. The lowest BCUT2D eigenvalue weighted by molar-refractivity contribution is -0.146. The molecule has 7 heteroatoms. The molecular formula is C17H30N2O5. The van der Waals surface area contributed by atoms with Crippen molar-refractivity contribution in [2.45, 2.75) is 59.2 Å². The lowest BCUT2D eigenvalue weighted by Gasteiger charge is -2.27. The Hall–Kier alpha value is -2.05. The van der Waals surface area contributed by atoms with Crippen LogP contribution in [0.2, 0.25) is 0 Å². The molecule has 0 fully saturated rings. The molecule has 0 saturated heterocycles. The molecule has 0 saturated carbocycles. The number of alkyl carbamates (subject to hydrolysis) is 1. The van der Waals surface area contributed by atoms with E-state index >= 15 is 0 Å². The first-order chi connectivity index (χ1) is 10.9. The van der Waals surface area contributed by atoms with E-state index in [1.807, 2.05) is 0 Å². The Labute approximate surface area is 144 Å². The van der Waals surface area contributed by atoms with E-state index in [9.17, 15) is 14.4 Å². The number of amides is 2. The minimum atomic E-state index is -0.873. The number of carbonyl (C=O) groups excluding carboxylic acids is 3. The number of rotatable bonds is 7. The molecule has 0 heterocycles. The van der Waals surface area contributed by atoms with E-state index in [-0.39, 0.29) is 11.8 Å². The van der Waals surface area contributed by atoms with Crippen LogP contribution < -0.4 is 10.6 Å². The van der Waals surface area contributed by atoms with Crippen LogP contribution in [0.1, 0.15) is 41.5 Å². The summed E-state index contributed by atoms with van der Waals surface area (Å²) in [5.74, 6) is -1.58. The minimum absolute atomic E-state index is 0.199. The van der Waals surface area contributed by atoms with Gasteiger partial charge in [-0.3, -0.25) is 4.79 Å². The van der Waals surface area contributed by atoms with Crippen molar-refractivity contribution in [3.63, 3.8) is 0 Å². The van der Waals surface area contributed by atoms with Crippen molar-refractivity contribution >= 4 is 18.0 Å². The average Bonchev–Trinajstić information content (AvgIpc) is 2.46. The fraction of sp³-hybridized carbons (Fsp3) is 0.706. The normalized spacial score (nSPS) is 15.0. The Morgan fingerprint density at radius 1 is 1.04 bits per heavy atom. The molecule has 0 radical (unpaired) electrons. The third-order valence-electron chi connectivity index (χ3n) is 3.27. The number of nitrogens with one attached hydrogen (secondary N) is 2. The van der Waals surface area contributed by atoms with Gasteiger partial charge in [-0.25, -0.2) is 9.59 Å². The first-order valence-corrected chi connectivity index (χ1v) is 7.93. The summed E-state index contributed by atoms with van der Waals surface area (Å²) < 4.78 is 9.88. The molecule has 0 aliphatic carbocycles. The smallest absolute Gasteiger partial charge is 0.408 e. The van der Waals surface area contributed by atoms with Gasteiger partial charge >= 0.3 is 12.1 Å². The molecule has 0 aromatic rings. The van der Waals surface area contributed by atoms with Gasteiger partial charge in [0.15, 0.2) is 0 Å². The van der Waals surface area contributed by atoms with Gasteiger partial charge in [0.2, 0.25) is 5.91 Å². The number of hydrogen-bond acceptors (Lipinski definition) is 5. The van der Waals surface area contributed by atoms with E-state index in [2.05, 4.69) is 17.2 Å². The molecule has 24 heavy (non-hydrogen) atoms. The third kappa shape index (κ3) is 7.48. The topological polar surface area (TPSA) is 93.7 Å². The number of ether oxygens (including phenoxy) is 2. The van der Waals surface area contributed by atoms with Crippen molar-refractivity contribution < 1.29 is 23.9 Å². The highest BCUT2D eigenvalue weighted by Gasteiger charge is 2.32. The summed E-state index contributed by atoms with van der Waals surface area (Å²) >= 11 is 0. The summed E-state index contributed by atoms with van der Waals surface area (Å²) in [6, 6.07) is -1.72. The van der Waals surface area contributed by atoms with Crippen LogP contribution in [-0.2, 0) is 19.1 Å². The molecule has 7 nitrogen and oxygen atoms in total. The van der Waals surface area contributed by atoms with Crippen LogP contribution in [0.5, 0.6) is 0 Å². The van der Waals surface area contributed by atoms with Crippen LogP contribution in [0.4, 0.5) is 4.79 Å². The second-order valence-electron chi connectivity index (χ2n) is 6.97. The van der Waals surface area contributed by atoms with Gasteiger partial charge in [-0.2, -0.15) is 0 Å². The molecule has 138 valence electrons. The van der Waals surface area contributed by atoms with Gasteiger partial charge in [0, 0.05) is 5.92 Å². The molecule has 0 aromatic heterocycles. The van der Waals surface area contributed by atoms with Crippen LogP contribution >= 0.6 is 0 Å². The molecule has 2 N–H and O–H groups in total. The second kappa shape index (κ2) is 9.30. The summed E-state index contributed by atoms with van der Waals surface area (Å²) in [4.78, 5) is 36.3. The van der Waals surface area contributed by atoms with Gasteiger partial charge in [-0.05, 0) is 26.7 Å². The Morgan fingerprint density at radius 2 is 1.58 bits per heavy atom. The lowest BCUT2D eigenvalue weighted by atomic mass is 9.99. The van der Waals surface area contributed by atoms with Crippen molar-refractivity contribution in [3.05, 3.63) is 12.7 Å². The highest BCUT2D eigenvalue weighted by atomic mass is 16.6. The van der Waals surface area contributed by atoms with Crippen LogP contribution in [0.25, 0.3) is 0 Å². The predicted molar refractivity (Wildman–Crippen MR) is 91.3 cm³/mol. The van der Waals surface area contributed by atoms with Crippen molar-refractivity contribution in [1.29, 1.82) is 0 Å². The fourth-order valence-electron chi connectivity index (χ4n) is 1.88. The maximum atomic E-state index is 12.5. The Morgan fingerprint density at radius 3 is 1.96 bits per heavy atom. The summed E-state index contributed by atoms with van der Waals surface area (Å²) in [5.41, 5.74) is -0.673. The van der Waals surface area contributed by atoms with Crippen molar-refractivity contribution in [3.8, 4) is 0 Å². The molecule has 0 bridgehead atoms. The van der Waals surface area contributed by atoms with Gasteiger partial charge in [-0.1, -0.05) is 26.8 Å².